The average molecular weight is 1040 g/mol. The molecule has 10 aromatic rings. The van der Waals surface area contributed by atoms with Crippen molar-refractivity contribution in [2.24, 2.45) is 4.99 Å². The molecular weight excluding hydrogens is 991 g/mol. The fraction of sp³-hybridized carbons (Fsp3) is 0.111. The largest absolute Gasteiger partial charge is 0.465 e. The van der Waals surface area contributed by atoms with E-state index in [0.29, 0.717) is 68.9 Å². The standard InChI is InChI=1S/C32H24F3N3O.C31H22F3NO3/c33-32(34,35)28-14-6-13-27-29(24(20-38-30(27)28)17-21-7-2-1-3-8-21)22-9-4-11-25(18-22)39-26-12-5-10-23(19-26)31-36-15-16-37-31;1-37-30(36)22-11-6-13-25(18-22)38-24-12-5-10-21(17-24)28-23(16-20-8-3-2-4-9-20)19-35-29-26(28)14-7-15-27(29)31(32,33)34/h1-14,18-20H,15-17H2,(H,36,37);2-15,17-19H,16H2,1H3. The molecule has 8 aromatic carbocycles. The molecule has 0 radical (unpaired) electrons. The van der Waals surface area contributed by atoms with Gasteiger partial charge in [0.05, 0.1) is 41.4 Å². The quantitative estimate of drug-likeness (QED) is 0.0962. The van der Waals surface area contributed by atoms with Crippen molar-refractivity contribution in [2.45, 2.75) is 25.2 Å². The van der Waals surface area contributed by atoms with Crippen molar-refractivity contribution in [3.63, 3.8) is 0 Å². The molecule has 0 saturated carbocycles. The fourth-order valence-electron chi connectivity index (χ4n) is 9.37. The fourth-order valence-corrected chi connectivity index (χ4v) is 9.37. The predicted molar refractivity (Wildman–Crippen MR) is 287 cm³/mol. The summed E-state index contributed by atoms with van der Waals surface area (Å²) in [6.45, 7) is 1.55. The van der Waals surface area contributed by atoms with E-state index in [1.165, 1.54) is 25.4 Å². The van der Waals surface area contributed by atoms with Crippen LogP contribution in [0.1, 0.15) is 49.3 Å². The number of carbonyl (C=O) groups excluding carboxylic acids is 1. The highest BCUT2D eigenvalue weighted by atomic mass is 19.4. The number of pyridine rings is 2. The molecule has 0 atom stereocenters. The summed E-state index contributed by atoms with van der Waals surface area (Å²) in [5.41, 5.74) is 6.03. The van der Waals surface area contributed by atoms with Gasteiger partial charge in [0.2, 0.25) is 0 Å². The van der Waals surface area contributed by atoms with E-state index in [0.717, 1.165) is 64.4 Å². The summed E-state index contributed by atoms with van der Waals surface area (Å²) >= 11 is 0. The third kappa shape index (κ3) is 11.8. The minimum atomic E-state index is -4.54. The number of halogens is 6. The molecule has 8 nitrogen and oxygen atoms in total. The molecule has 0 saturated heterocycles. The first-order valence-corrected chi connectivity index (χ1v) is 24.5. The summed E-state index contributed by atoms with van der Waals surface area (Å²) in [7, 11) is 1.30. The van der Waals surface area contributed by atoms with Gasteiger partial charge >= 0.3 is 18.3 Å². The van der Waals surface area contributed by atoms with Crippen LogP contribution in [0.5, 0.6) is 23.0 Å². The average Bonchev–Trinajstić information content (AvgIpc) is 3.99. The first-order chi connectivity index (χ1) is 37.3. The van der Waals surface area contributed by atoms with Gasteiger partial charge in [-0.3, -0.25) is 15.0 Å². The van der Waals surface area contributed by atoms with E-state index < -0.39 is 29.4 Å². The number of amidine groups is 1. The number of hydrogen-bond donors (Lipinski definition) is 1. The molecule has 2 aromatic heterocycles. The van der Waals surface area contributed by atoms with Crippen molar-refractivity contribution < 1.29 is 45.3 Å². The second-order valence-corrected chi connectivity index (χ2v) is 18.0. The highest BCUT2D eigenvalue weighted by molar-refractivity contribution is 6.01. The summed E-state index contributed by atoms with van der Waals surface area (Å²) < 4.78 is 100. The lowest BCUT2D eigenvalue weighted by Gasteiger charge is -2.17. The van der Waals surface area contributed by atoms with Crippen LogP contribution in [0.2, 0.25) is 0 Å². The number of para-hydroxylation sites is 2. The number of aromatic nitrogens is 2. The maximum Gasteiger partial charge on any atom is 0.418 e. The van der Waals surface area contributed by atoms with Crippen LogP contribution in [0.3, 0.4) is 0 Å². The van der Waals surface area contributed by atoms with Gasteiger partial charge in [-0.15, -0.1) is 0 Å². The van der Waals surface area contributed by atoms with Crippen LogP contribution in [0, 0.1) is 0 Å². The molecule has 0 aliphatic carbocycles. The van der Waals surface area contributed by atoms with Crippen molar-refractivity contribution in [2.75, 3.05) is 20.2 Å². The van der Waals surface area contributed by atoms with Gasteiger partial charge in [0, 0.05) is 35.3 Å². The van der Waals surface area contributed by atoms with Crippen LogP contribution >= 0.6 is 0 Å². The van der Waals surface area contributed by atoms with Gasteiger partial charge in [-0.2, -0.15) is 26.3 Å². The van der Waals surface area contributed by atoms with Crippen LogP contribution in [-0.2, 0) is 29.9 Å². The molecule has 0 bridgehead atoms. The molecule has 1 aliphatic heterocycles. The Kier molecular flexibility index (Phi) is 14.8. The van der Waals surface area contributed by atoms with Crippen molar-refractivity contribution >= 4 is 33.6 Å². The summed E-state index contributed by atoms with van der Waals surface area (Å²) in [5, 5.41) is 4.11. The topological polar surface area (TPSA) is 94.9 Å². The lowest BCUT2D eigenvalue weighted by atomic mass is 9.92. The van der Waals surface area contributed by atoms with Crippen molar-refractivity contribution in [1.29, 1.82) is 0 Å². The Labute approximate surface area is 439 Å². The predicted octanol–water partition coefficient (Wildman–Crippen LogP) is 15.7. The van der Waals surface area contributed by atoms with Gasteiger partial charge in [0.1, 0.15) is 28.8 Å². The maximum absolute atomic E-state index is 13.9. The monoisotopic (exact) mass is 1040 g/mol. The highest BCUT2D eigenvalue weighted by Gasteiger charge is 2.35. The van der Waals surface area contributed by atoms with Crippen LogP contribution in [-0.4, -0.2) is 42.0 Å². The first-order valence-electron chi connectivity index (χ1n) is 24.5. The zero-order valence-electron chi connectivity index (χ0n) is 41.2. The Hall–Kier alpha value is -9.30. The number of fused-ring (bicyclic) bond motifs is 2. The van der Waals surface area contributed by atoms with E-state index in [-0.39, 0.29) is 11.0 Å². The molecule has 0 fully saturated rings. The number of hydrogen-bond acceptors (Lipinski definition) is 8. The third-order valence-corrected chi connectivity index (χ3v) is 12.8. The summed E-state index contributed by atoms with van der Waals surface area (Å²) in [6.07, 6.45) is -4.96. The van der Waals surface area contributed by atoms with Gasteiger partial charge in [-0.25, -0.2) is 4.79 Å². The number of esters is 1. The van der Waals surface area contributed by atoms with E-state index in [1.54, 1.807) is 60.8 Å². The lowest BCUT2D eigenvalue weighted by Crippen LogP contribution is -2.19. The van der Waals surface area contributed by atoms with Gasteiger partial charge in [-0.05, 0) is 124 Å². The molecule has 11 rings (SSSR count). The smallest absolute Gasteiger partial charge is 0.418 e. The van der Waals surface area contributed by atoms with E-state index in [9.17, 15) is 31.1 Å². The van der Waals surface area contributed by atoms with Gasteiger partial charge in [-0.1, -0.05) is 127 Å². The minimum Gasteiger partial charge on any atom is -0.465 e. The van der Waals surface area contributed by atoms with Crippen molar-refractivity contribution in [1.82, 2.24) is 15.3 Å². The normalized spacial score (nSPS) is 12.3. The van der Waals surface area contributed by atoms with Crippen LogP contribution in [0.15, 0.2) is 212 Å². The van der Waals surface area contributed by atoms with Crippen molar-refractivity contribution in [3.05, 3.63) is 251 Å². The molecule has 1 N–H and O–H groups in total. The highest BCUT2D eigenvalue weighted by Crippen LogP contribution is 2.42. The molecule has 0 amide bonds. The van der Waals surface area contributed by atoms with Crippen LogP contribution in [0.4, 0.5) is 26.3 Å². The summed E-state index contributed by atoms with van der Waals surface area (Å²) in [4.78, 5) is 24.9. The summed E-state index contributed by atoms with van der Waals surface area (Å²) in [6, 6.07) is 56.6. The number of rotatable bonds is 12. The van der Waals surface area contributed by atoms with E-state index in [1.807, 2.05) is 115 Å². The molecule has 77 heavy (non-hydrogen) atoms. The molecule has 0 spiro atoms. The number of nitrogens with one attached hydrogen (secondary N) is 1. The van der Waals surface area contributed by atoms with E-state index in [4.69, 9.17) is 14.2 Å². The second kappa shape index (κ2) is 22.3. The lowest BCUT2D eigenvalue weighted by molar-refractivity contribution is -0.137. The third-order valence-electron chi connectivity index (χ3n) is 12.8. The van der Waals surface area contributed by atoms with Crippen LogP contribution < -0.4 is 14.8 Å². The molecule has 14 heteroatoms. The molecule has 384 valence electrons. The molecule has 0 unspecified atom stereocenters. The Bertz CT molecular complexity index is 3790. The van der Waals surface area contributed by atoms with Gasteiger partial charge < -0.3 is 19.5 Å². The number of alkyl halides is 6. The maximum atomic E-state index is 13.9. The van der Waals surface area contributed by atoms with Crippen LogP contribution in [0.25, 0.3) is 44.1 Å². The number of ether oxygens (including phenoxy) is 3. The Morgan fingerprint density at radius 2 is 0.935 bits per heavy atom. The Morgan fingerprint density at radius 3 is 1.38 bits per heavy atom. The Balaban J connectivity index is 0.000000175. The number of methoxy groups -OCH3 is 1. The van der Waals surface area contributed by atoms with Gasteiger partial charge in [0.25, 0.3) is 0 Å². The zero-order chi connectivity index (χ0) is 53.5. The van der Waals surface area contributed by atoms with Crippen molar-refractivity contribution in [3.8, 4) is 45.3 Å². The first kappa shape index (κ1) is 51.2. The number of benzene rings is 8. The molecule has 3 heterocycles. The van der Waals surface area contributed by atoms with E-state index in [2.05, 4.69) is 20.3 Å². The number of aliphatic imine (C=N–C) groups is 1. The summed E-state index contributed by atoms with van der Waals surface area (Å²) in [5.74, 6) is 2.46. The number of nitrogens with zero attached hydrogens (tertiary/aromatic N) is 3. The second-order valence-electron chi connectivity index (χ2n) is 18.0. The number of carbonyl (C=O) groups is 1. The minimum absolute atomic E-state index is 0.0688. The zero-order valence-corrected chi connectivity index (χ0v) is 41.2. The SMILES string of the molecule is COC(=O)c1cccc(Oc2cccc(-c3c(Cc4ccccc4)cnc4c(C(F)(F)F)cccc34)c2)c1.FC(F)(F)c1cccc2c(-c3cccc(Oc4cccc(C5=NCCN5)c4)c3)c(Cc3ccccc3)cnc12. The van der Waals surface area contributed by atoms with Gasteiger partial charge in [0.15, 0.2) is 0 Å². The molecular formula is C63H46F6N4O4. The molecule has 1 aliphatic rings. The Morgan fingerprint density at radius 1 is 0.506 bits per heavy atom. The van der Waals surface area contributed by atoms with E-state index >= 15 is 0 Å².